The number of benzene rings is 1. The van der Waals surface area contributed by atoms with Crippen LogP contribution in [-0.2, 0) is 0 Å². The molecule has 0 radical (unpaired) electrons. The molecule has 1 saturated heterocycles. The van der Waals surface area contributed by atoms with Gasteiger partial charge in [-0.15, -0.1) is 0 Å². The van der Waals surface area contributed by atoms with Gasteiger partial charge >= 0.3 is 6.18 Å². The quantitative estimate of drug-likeness (QED) is 0.799. The Labute approximate surface area is 143 Å². The lowest BCUT2D eigenvalue weighted by atomic mass is 9.96. The normalized spacial score (nSPS) is 21.6. The predicted octanol–water partition coefficient (Wildman–Crippen LogP) is 4.53. The number of para-hydroxylation sites is 1. The van der Waals surface area contributed by atoms with Crippen molar-refractivity contribution in [2.45, 2.75) is 37.8 Å². The summed E-state index contributed by atoms with van der Waals surface area (Å²) < 4.78 is 39.2. The second-order valence-corrected chi connectivity index (χ2v) is 7.02. The summed E-state index contributed by atoms with van der Waals surface area (Å²) in [4.78, 5) is 19.0. The molecule has 1 aliphatic heterocycles. The van der Waals surface area contributed by atoms with Crippen LogP contribution in [0.15, 0.2) is 30.3 Å². The minimum atomic E-state index is -4.25. The monoisotopic (exact) mass is 348 g/mol. The zero-order valence-electron chi connectivity index (χ0n) is 13.7. The number of carbonyl (C=O) groups is 1. The van der Waals surface area contributed by atoms with Crippen molar-refractivity contribution in [1.82, 2.24) is 9.88 Å². The van der Waals surface area contributed by atoms with E-state index in [9.17, 15) is 18.0 Å². The Morgan fingerprint density at radius 3 is 2.64 bits per heavy atom. The molecule has 132 valence electrons. The van der Waals surface area contributed by atoms with Crippen molar-refractivity contribution in [2.24, 2.45) is 5.92 Å². The number of hydrogen-bond donors (Lipinski definition) is 0. The Bertz CT molecular complexity index is 814. The molecular weight excluding hydrogens is 329 g/mol. The highest BCUT2D eigenvalue weighted by molar-refractivity contribution is 6.06. The lowest BCUT2D eigenvalue weighted by molar-refractivity contribution is -0.184. The van der Waals surface area contributed by atoms with Crippen LogP contribution in [-0.4, -0.2) is 35.1 Å². The molecule has 0 N–H and O–H groups in total. The van der Waals surface area contributed by atoms with Crippen LogP contribution in [0.3, 0.4) is 0 Å². The Morgan fingerprint density at radius 1 is 1.16 bits per heavy atom. The average Bonchev–Trinajstić information content (AvgIpc) is 3.45. The van der Waals surface area contributed by atoms with Crippen LogP contribution in [0.5, 0.6) is 0 Å². The summed E-state index contributed by atoms with van der Waals surface area (Å²) in [7, 11) is 0. The fourth-order valence-corrected chi connectivity index (χ4v) is 3.56. The fraction of sp³-hybridized carbons (Fsp3) is 0.474. The molecule has 2 aliphatic rings. The maximum Gasteiger partial charge on any atom is 0.393 e. The highest BCUT2D eigenvalue weighted by atomic mass is 19.4. The summed E-state index contributed by atoms with van der Waals surface area (Å²) in [6.45, 7) is 0.124. The molecule has 1 aromatic heterocycles. The number of alkyl halides is 3. The number of hydrogen-bond acceptors (Lipinski definition) is 2. The summed E-state index contributed by atoms with van der Waals surface area (Å²) in [6.07, 6.45) is -1.66. The molecular formula is C19H19F3N2O. The molecule has 3 nitrogen and oxygen atoms in total. The van der Waals surface area contributed by atoms with Gasteiger partial charge in [0.05, 0.1) is 17.0 Å². The van der Waals surface area contributed by atoms with Gasteiger partial charge in [-0.1, -0.05) is 18.2 Å². The minimum Gasteiger partial charge on any atom is -0.338 e. The molecule has 1 atom stereocenters. The van der Waals surface area contributed by atoms with Crippen LogP contribution in [0.4, 0.5) is 13.2 Å². The molecule has 1 unspecified atom stereocenters. The van der Waals surface area contributed by atoms with Crippen molar-refractivity contribution in [3.8, 4) is 0 Å². The van der Waals surface area contributed by atoms with E-state index in [0.29, 0.717) is 29.8 Å². The Kier molecular flexibility index (Phi) is 3.93. The molecule has 1 saturated carbocycles. The van der Waals surface area contributed by atoms with Crippen molar-refractivity contribution in [2.75, 3.05) is 13.1 Å². The molecule has 0 bridgehead atoms. The fourth-order valence-electron chi connectivity index (χ4n) is 3.56. The number of amides is 1. The zero-order chi connectivity index (χ0) is 17.6. The van der Waals surface area contributed by atoms with Crippen molar-refractivity contribution in [3.05, 3.63) is 41.6 Å². The minimum absolute atomic E-state index is 0.0949. The third kappa shape index (κ3) is 3.22. The van der Waals surface area contributed by atoms with E-state index in [4.69, 9.17) is 0 Å². The van der Waals surface area contributed by atoms with Crippen LogP contribution in [0, 0.1) is 5.92 Å². The summed E-state index contributed by atoms with van der Waals surface area (Å²) in [5.74, 6) is -1.36. The first-order chi connectivity index (χ1) is 11.9. The van der Waals surface area contributed by atoms with Gasteiger partial charge in [0.1, 0.15) is 0 Å². The molecule has 1 aliphatic carbocycles. The molecule has 1 aromatic carbocycles. The first kappa shape index (κ1) is 16.4. The Morgan fingerprint density at radius 2 is 1.92 bits per heavy atom. The lowest BCUT2D eigenvalue weighted by Gasteiger charge is -2.34. The van der Waals surface area contributed by atoms with Crippen molar-refractivity contribution >= 4 is 16.8 Å². The largest absolute Gasteiger partial charge is 0.393 e. The van der Waals surface area contributed by atoms with Crippen LogP contribution in [0.1, 0.15) is 47.7 Å². The van der Waals surface area contributed by atoms with Gasteiger partial charge in [-0.25, -0.2) is 0 Å². The first-order valence-electron chi connectivity index (χ1n) is 8.69. The summed E-state index contributed by atoms with van der Waals surface area (Å²) in [5, 5.41) is 0.714. The van der Waals surface area contributed by atoms with E-state index in [2.05, 4.69) is 4.98 Å². The van der Waals surface area contributed by atoms with E-state index < -0.39 is 12.1 Å². The van der Waals surface area contributed by atoms with E-state index in [1.807, 2.05) is 24.3 Å². The van der Waals surface area contributed by atoms with Crippen molar-refractivity contribution < 1.29 is 18.0 Å². The van der Waals surface area contributed by atoms with E-state index in [-0.39, 0.29) is 18.9 Å². The Balaban J connectivity index is 1.69. The third-order valence-electron chi connectivity index (χ3n) is 5.13. The van der Waals surface area contributed by atoms with Crippen LogP contribution < -0.4 is 0 Å². The number of pyridine rings is 1. The third-order valence-corrected chi connectivity index (χ3v) is 5.13. The van der Waals surface area contributed by atoms with Gasteiger partial charge < -0.3 is 4.90 Å². The molecule has 2 aromatic rings. The lowest BCUT2D eigenvalue weighted by Crippen LogP contribution is -2.44. The molecule has 4 rings (SSSR count). The Hall–Kier alpha value is -2.11. The maximum atomic E-state index is 13.1. The smallest absolute Gasteiger partial charge is 0.338 e. The van der Waals surface area contributed by atoms with Gasteiger partial charge in [-0.05, 0) is 37.8 Å². The molecule has 0 spiro atoms. The standard InChI is InChI=1S/C19H19F3N2O/c20-19(21,22)13-4-3-9-24(11-13)18(25)15-10-17(12-7-8-12)23-16-6-2-1-5-14(15)16/h1-2,5-6,10,12-13H,3-4,7-9,11H2. The first-order valence-corrected chi connectivity index (χ1v) is 8.69. The molecule has 1 amide bonds. The highest BCUT2D eigenvalue weighted by Gasteiger charge is 2.43. The SMILES string of the molecule is O=C(c1cc(C2CC2)nc2ccccc12)N1CCCC(C(F)(F)F)C1. The average molecular weight is 348 g/mol. The van der Waals surface area contributed by atoms with Gasteiger partial charge in [0.2, 0.25) is 0 Å². The number of rotatable bonds is 2. The van der Waals surface area contributed by atoms with E-state index >= 15 is 0 Å². The van der Waals surface area contributed by atoms with Crippen LogP contribution in [0.25, 0.3) is 10.9 Å². The predicted molar refractivity (Wildman–Crippen MR) is 88.4 cm³/mol. The number of piperidine rings is 1. The maximum absolute atomic E-state index is 13.1. The number of fused-ring (bicyclic) bond motifs is 1. The van der Waals surface area contributed by atoms with Crippen molar-refractivity contribution in [1.29, 1.82) is 0 Å². The highest BCUT2D eigenvalue weighted by Crippen LogP contribution is 2.40. The van der Waals surface area contributed by atoms with Gasteiger partial charge in [0.15, 0.2) is 0 Å². The van der Waals surface area contributed by atoms with Gasteiger partial charge in [0.25, 0.3) is 5.91 Å². The number of halogens is 3. The van der Waals surface area contributed by atoms with Gasteiger partial charge in [-0.2, -0.15) is 13.2 Å². The van der Waals surface area contributed by atoms with Crippen molar-refractivity contribution in [3.63, 3.8) is 0 Å². The number of carbonyl (C=O) groups excluding carboxylic acids is 1. The summed E-state index contributed by atoms with van der Waals surface area (Å²) in [6, 6.07) is 9.15. The molecule has 25 heavy (non-hydrogen) atoms. The van der Waals surface area contributed by atoms with Crippen LogP contribution in [0.2, 0.25) is 0 Å². The summed E-state index contributed by atoms with van der Waals surface area (Å²) >= 11 is 0. The second-order valence-electron chi connectivity index (χ2n) is 7.02. The van der Waals surface area contributed by atoms with Gasteiger partial charge in [0, 0.05) is 30.1 Å². The molecule has 6 heteroatoms. The summed E-state index contributed by atoms with van der Waals surface area (Å²) in [5.41, 5.74) is 2.10. The van der Waals surface area contributed by atoms with E-state index in [1.165, 1.54) is 4.90 Å². The number of likely N-dealkylation sites (tertiary alicyclic amines) is 1. The van der Waals surface area contributed by atoms with Crippen LogP contribution >= 0.6 is 0 Å². The topological polar surface area (TPSA) is 33.2 Å². The molecule has 2 fully saturated rings. The molecule has 2 heterocycles. The van der Waals surface area contributed by atoms with E-state index in [0.717, 1.165) is 24.1 Å². The number of aromatic nitrogens is 1. The van der Waals surface area contributed by atoms with Gasteiger partial charge in [-0.3, -0.25) is 9.78 Å². The van der Waals surface area contributed by atoms with E-state index in [1.54, 1.807) is 6.07 Å². The zero-order valence-corrected chi connectivity index (χ0v) is 13.7. The second kappa shape index (κ2) is 6.00. The number of nitrogens with zero attached hydrogens (tertiary/aromatic N) is 2.